The SMILES string of the molecule is CC(C)[C@@H]1[NH2+][B-]2(OCCO2)OC1(c1ccccc1)c1ccccc1. The Labute approximate surface area is 143 Å². The molecule has 2 aromatic rings. The highest BCUT2D eigenvalue weighted by Gasteiger charge is 2.62. The third kappa shape index (κ3) is 2.40. The van der Waals surface area contributed by atoms with E-state index in [9.17, 15) is 0 Å². The molecular weight excluding hydrogens is 301 g/mol. The van der Waals surface area contributed by atoms with E-state index in [4.69, 9.17) is 14.0 Å². The fourth-order valence-corrected chi connectivity index (χ4v) is 4.17. The average molecular weight is 325 g/mol. The van der Waals surface area contributed by atoms with Gasteiger partial charge in [-0.2, -0.15) is 0 Å². The molecule has 1 atom stereocenters. The minimum Gasteiger partial charge on any atom is -0.484 e. The third-order valence-corrected chi connectivity index (χ3v) is 5.17. The van der Waals surface area contributed by atoms with E-state index in [0.29, 0.717) is 19.1 Å². The summed E-state index contributed by atoms with van der Waals surface area (Å²) >= 11 is 0. The maximum atomic E-state index is 6.71. The van der Waals surface area contributed by atoms with Crippen molar-refractivity contribution in [3.8, 4) is 0 Å². The molecule has 0 aliphatic carbocycles. The quantitative estimate of drug-likeness (QED) is 0.879. The summed E-state index contributed by atoms with van der Waals surface area (Å²) < 4.78 is 18.6. The summed E-state index contributed by atoms with van der Waals surface area (Å²) in [6.45, 7) is 3.83. The third-order valence-electron chi connectivity index (χ3n) is 5.17. The number of quaternary nitrogens is 1. The van der Waals surface area contributed by atoms with E-state index >= 15 is 0 Å². The van der Waals surface area contributed by atoms with Crippen LogP contribution in [0.4, 0.5) is 0 Å². The van der Waals surface area contributed by atoms with Gasteiger partial charge in [-0.1, -0.05) is 74.5 Å². The van der Waals surface area contributed by atoms with Crippen molar-refractivity contribution in [2.24, 2.45) is 5.92 Å². The van der Waals surface area contributed by atoms with Crippen molar-refractivity contribution in [2.45, 2.75) is 25.5 Å². The van der Waals surface area contributed by atoms with Gasteiger partial charge in [0.15, 0.2) is 0 Å². The van der Waals surface area contributed by atoms with Crippen molar-refractivity contribution in [2.75, 3.05) is 13.2 Å². The van der Waals surface area contributed by atoms with E-state index in [0.717, 1.165) is 11.1 Å². The first-order valence-electron chi connectivity index (χ1n) is 8.75. The van der Waals surface area contributed by atoms with Gasteiger partial charge in [0.25, 0.3) is 0 Å². The minimum atomic E-state index is -1.80. The molecule has 0 radical (unpaired) electrons. The number of benzene rings is 2. The maximum Gasteiger partial charge on any atom is 0.623 e. The largest absolute Gasteiger partial charge is 0.623 e. The molecule has 2 aliphatic heterocycles. The van der Waals surface area contributed by atoms with E-state index in [1.54, 1.807) is 0 Å². The first-order chi connectivity index (χ1) is 11.7. The summed E-state index contributed by atoms with van der Waals surface area (Å²) in [5.74, 6) is 0.388. The summed E-state index contributed by atoms with van der Waals surface area (Å²) in [7, 11) is 0. The Kier molecular flexibility index (Phi) is 3.97. The maximum absolute atomic E-state index is 6.71. The normalized spacial score (nSPS) is 24.7. The van der Waals surface area contributed by atoms with Crippen LogP contribution in [0, 0.1) is 5.92 Å². The van der Waals surface area contributed by atoms with Crippen LogP contribution in [0.1, 0.15) is 25.0 Å². The van der Waals surface area contributed by atoms with Crippen LogP contribution in [-0.4, -0.2) is 26.1 Å². The zero-order chi connectivity index (χ0) is 16.6. The van der Waals surface area contributed by atoms with Crippen molar-refractivity contribution in [1.29, 1.82) is 0 Å². The second-order valence-electron chi connectivity index (χ2n) is 6.99. The Morgan fingerprint density at radius 3 is 1.88 bits per heavy atom. The van der Waals surface area contributed by atoms with Crippen molar-refractivity contribution in [3.05, 3.63) is 71.8 Å². The zero-order valence-corrected chi connectivity index (χ0v) is 14.2. The van der Waals surface area contributed by atoms with E-state index in [1.807, 2.05) is 12.1 Å². The summed E-state index contributed by atoms with van der Waals surface area (Å²) in [6.07, 6.45) is 0. The standard InChI is InChI=1S/C19H24BNO3/c1-15(2)18-19(16-9-5-3-6-10-16,17-11-7-4-8-12-17)24-20(21-18)22-13-14-23-20/h3-12,15,18H,13-14,21H2,1-2H3/t18-/m0/s1. The highest BCUT2D eigenvalue weighted by molar-refractivity contribution is 6.52. The topological polar surface area (TPSA) is 44.3 Å². The molecule has 1 spiro atoms. The van der Waals surface area contributed by atoms with Crippen LogP contribution in [0.25, 0.3) is 0 Å². The van der Waals surface area contributed by atoms with Crippen molar-refractivity contribution in [3.63, 3.8) is 0 Å². The number of hydrogen-bond donors (Lipinski definition) is 1. The molecule has 2 N–H and O–H groups in total. The van der Waals surface area contributed by atoms with Gasteiger partial charge in [-0.25, -0.2) is 0 Å². The van der Waals surface area contributed by atoms with Crippen LogP contribution in [-0.2, 0) is 19.6 Å². The first-order valence-corrected chi connectivity index (χ1v) is 8.75. The molecule has 2 fully saturated rings. The number of nitrogens with two attached hydrogens (primary N) is 1. The lowest BCUT2D eigenvalue weighted by molar-refractivity contribution is -0.598. The Bertz CT molecular complexity index is 647. The first kappa shape index (κ1) is 15.8. The Hall–Kier alpha value is -1.66. The van der Waals surface area contributed by atoms with Gasteiger partial charge in [-0.05, 0) is 11.1 Å². The Morgan fingerprint density at radius 1 is 0.917 bits per heavy atom. The molecule has 5 heteroatoms. The van der Waals surface area contributed by atoms with Crippen molar-refractivity contribution < 1.29 is 19.2 Å². The second-order valence-corrected chi connectivity index (χ2v) is 6.99. The highest BCUT2D eigenvalue weighted by atomic mass is 16.8. The minimum absolute atomic E-state index is 0.167. The predicted octanol–water partition coefficient (Wildman–Crippen LogP) is 2.03. The zero-order valence-electron chi connectivity index (χ0n) is 14.2. The molecule has 4 nitrogen and oxygen atoms in total. The molecule has 0 aromatic heterocycles. The second kappa shape index (κ2) is 6.01. The fraction of sp³-hybridized carbons (Fsp3) is 0.368. The summed E-state index contributed by atoms with van der Waals surface area (Å²) in [6, 6.07) is 21.1. The van der Waals surface area contributed by atoms with Crippen molar-refractivity contribution >= 4 is 6.89 Å². The van der Waals surface area contributed by atoms with Gasteiger partial charge >= 0.3 is 6.89 Å². The van der Waals surface area contributed by atoms with Crippen LogP contribution < -0.4 is 5.23 Å². The molecule has 4 rings (SSSR count). The van der Waals surface area contributed by atoms with Crippen LogP contribution in [0.5, 0.6) is 0 Å². The summed E-state index contributed by atoms with van der Waals surface area (Å²) in [5, 5.41) is 2.18. The van der Waals surface area contributed by atoms with Crippen LogP contribution in [0.2, 0.25) is 0 Å². The lowest BCUT2D eigenvalue weighted by Crippen LogP contribution is -3.03. The molecular formula is C19H24BNO3. The van der Waals surface area contributed by atoms with Crippen LogP contribution in [0.3, 0.4) is 0 Å². The fourth-order valence-electron chi connectivity index (χ4n) is 4.17. The van der Waals surface area contributed by atoms with Gasteiger partial charge in [0.1, 0.15) is 5.60 Å². The molecule has 126 valence electrons. The summed E-state index contributed by atoms with van der Waals surface area (Å²) in [4.78, 5) is 0. The monoisotopic (exact) mass is 325 g/mol. The molecule has 0 amide bonds. The lowest BCUT2D eigenvalue weighted by atomic mass is 9.76. The molecule has 2 heterocycles. The average Bonchev–Trinajstić information content (AvgIpc) is 3.22. The number of rotatable bonds is 3. The Morgan fingerprint density at radius 2 is 1.42 bits per heavy atom. The molecule has 2 aromatic carbocycles. The van der Waals surface area contributed by atoms with E-state index < -0.39 is 12.5 Å². The van der Waals surface area contributed by atoms with Gasteiger partial charge in [0, 0.05) is 19.1 Å². The van der Waals surface area contributed by atoms with E-state index in [1.165, 1.54) is 0 Å². The molecule has 0 saturated carbocycles. The van der Waals surface area contributed by atoms with Gasteiger partial charge in [0.2, 0.25) is 0 Å². The highest BCUT2D eigenvalue weighted by Crippen LogP contribution is 2.43. The lowest BCUT2D eigenvalue weighted by Gasteiger charge is -2.38. The molecule has 2 saturated heterocycles. The molecule has 24 heavy (non-hydrogen) atoms. The van der Waals surface area contributed by atoms with Gasteiger partial charge in [0.05, 0.1) is 6.04 Å². The van der Waals surface area contributed by atoms with Gasteiger partial charge < -0.3 is 19.2 Å². The predicted molar refractivity (Wildman–Crippen MR) is 93.0 cm³/mol. The molecule has 0 unspecified atom stereocenters. The van der Waals surface area contributed by atoms with Crippen molar-refractivity contribution in [1.82, 2.24) is 0 Å². The van der Waals surface area contributed by atoms with Gasteiger partial charge in [-0.15, -0.1) is 0 Å². The number of hydrogen-bond acceptors (Lipinski definition) is 3. The van der Waals surface area contributed by atoms with E-state index in [-0.39, 0.29) is 6.04 Å². The van der Waals surface area contributed by atoms with Gasteiger partial charge in [-0.3, -0.25) is 0 Å². The molecule has 0 bridgehead atoms. The summed E-state index contributed by atoms with van der Waals surface area (Å²) in [5.41, 5.74) is 1.70. The van der Waals surface area contributed by atoms with Crippen LogP contribution >= 0.6 is 0 Å². The van der Waals surface area contributed by atoms with Crippen LogP contribution in [0.15, 0.2) is 60.7 Å². The van der Waals surface area contributed by atoms with E-state index in [2.05, 4.69) is 67.6 Å². The molecule has 2 aliphatic rings. The smallest absolute Gasteiger partial charge is 0.484 e. The Balaban J connectivity index is 1.91.